The van der Waals surface area contributed by atoms with Crippen molar-refractivity contribution >= 4 is 23.5 Å². The molecule has 2 aliphatic rings. The molecular weight excluding hydrogens is 339 g/mol. The van der Waals surface area contributed by atoms with Crippen LogP contribution in [0, 0.1) is 11.2 Å². The summed E-state index contributed by atoms with van der Waals surface area (Å²) in [4.78, 5) is 30.4. The van der Waals surface area contributed by atoms with Crippen molar-refractivity contribution in [3.05, 3.63) is 29.6 Å². The molecule has 1 aliphatic carbocycles. The molecule has 1 saturated carbocycles. The van der Waals surface area contributed by atoms with E-state index < -0.39 is 28.3 Å². The number of aliphatic imine (C=N–C) groups is 1. The van der Waals surface area contributed by atoms with Gasteiger partial charge in [0.2, 0.25) is 5.91 Å². The number of nitrogens with one attached hydrogen (secondary N) is 1. The van der Waals surface area contributed by atoms with Gasteiger partial charge in [0.15, 0.2) is 5.96 Å². The van der Waals surface area contributed by atoms with E-state index in [0.717, 1.165) is 0 Å². The highest BCUT2D eigenvalue weighted by Crippen LogP contribution is 2.47. The number of halogens is 1. The van der Waals surface area contributed by atoms with Crippen molar-refractivity contribution in [2.45, 2.75) is 44.8 Å². The van der Waals surface area contributed by atoms with Crippen LogP contribution in [-0.2, 0) is 15.1 Å². The molecule has 0 bridgehead atoms. The Balaban J connectivity index is 2.06. The van der Waals surface area contributed by atoms with Crippen molar-refractivity contribution in [2.24, 2.45) is 16.1 Å². The first kappa shape index (κ1) is 18.3. The summed E-state index contributed by atoms with van der Waals surface area (Å²) in [7, 11) is 1.52. The fourth-order valence-electron chi connectivity index (χ4n) is 3.14. The molecule has 1 aromatic rings. The number of anilines is 1. The summed E-state index contributed by atoms with van der Waals surface area (Å²) in [6, 6.07) is 4.05. The van der Waals surface area contributed by atoms with Crippen LogP contribution < -0.4 is 11.1 Å². The van der Waals surface area contributed by atoms with Gasteiger partial charge in [-0.05, 0) is 51.8 Å². The van der Waals surface area contributed by atoms with Crippen LogP contribution in [0.5, 0.6) is 0 Å². The molecule has 0 saturated heterocycles. The second kappa shape index (κ2) is 5.51. The number of aliphatic hydroxyl groups is 1. The van der Waals surface area contributed by atoms with Crippen LogP contribution in [0.1, 0.15) is 39.2 Å². The SMILES string of the molecule is CN1C(=O)C(C)(C)C(C)(c2cc(NC(=O)C3(O)CC3)ccc2F)N=C1N. The number of amides is 2. The summed E-state index contributed by atoms with van der Waals surface area (Å²) in [5.41, 5.74) is 2.66. The van der Waals surface area contributed by atoms with Crippen molar-refractivity contribution in [3.63, 3.8) is 0 Å². The third kappa shape index (κ3) is 2.56. The van der Waals surface area contributed by atoms with Crippen LogP contribution in [0.2, 0.25) is 0 Å². The molecule has 8 heteroatoms. The van der Waals surface area contributed by atoms with E-state index in [-0.39, 0.29) is 17.4 Å². The Kier molecular flexibility index (Phi) is 3.88. The van der Waals surface area contributed by atoms with Gasteiger partial charge in [-0.1, -0.05) is 0 Å². The fraction of sp³-hybridized carbons (Fsp3) is 0.500. The Morgan fingerprint density at radius 1 is 1.35 bits per heavy atom. The first-order chi connectivity index (χ1) is 11.9. The highest BCUT2D eigenvalue weighted by atomic mass is 19.1. The van der Waals surface area contributed by atoms with Gasteiger partial charge in [0, 0.05) is 18.3 Å². The van der Waals surface area contributed by atoms with Gasteiger partial charge < -0.3 is 16.2 Å². The van der Waals surface area contributed by atoms with Gasteiger partial charge in [-0.25, -0.2) is 9.38 Å². The Morgan fingerprint density at radius 3 is 2.54 bits per heavy atom. The molecule has 1 aromatic carbocycles. The summed E-state index contributed by atoms with van der Waals surface area (Å²) in [5.74, 6) is -1.37. The van der Waals surface area contributed by atoms with Gasteiger partial charge in [0.25, 0.3) is 5.91 Å². The molecule has 3 rings (SSSR count). The topological polar surface area (TPSA) is 108 Å². The van der Waals surface area contributed by atoms with E-state index >= 15 is 0 Å². The van der Waals surface area contributed by atoms with Gasteiger partial charge in [-0.2, -0.15) is 0 Å². The quantitative estimate of drug-likeness (QED) is 0.753. The number of nitrogens with two attached hydrogens (primary N) is 1. The molecule has 7 nitrogen and oxygen atoms in total. The molecule has 1 fully saturated rings. The average molecular weight is 362 g/mol. The van der Waals surface area contributed by atoms with Crippen LogP contribution in [-0.4, -0.2) is 40.4 Å². The Bertz CT molecular complexity index is 832. The molecular formula is C18H23FN4O3. The summed E-state index contributed by atoms with van der Waals surface area (Å²) >= 11 is 0. The molecule has 1 heterocycles. The molecule has 140 valence electrons. The molecule has 26 heavy (non-hydrogen) atoms. The van der Waals surface area contributed by atoms with Crippen molar-refractivity contribution in [2.75, 3.05) is 12.4 Å². The summed E-state index contributed by atoms with van der Waals surface area (Å²) < 4.78 is 14.7. The zero-order valence-electron chi connectivity index (χ0n) is 15.3. The molecule has 2 amide bonds. The highest BCUT2D eigenvalue weighted by Gasteiger charge is 2.54. The second-order valence-corrected chi connectivity index (χ2v) is 7.71. The summed E-state index contributed by atoms with van der Waals surface area (Å²) in [6.45, 7) is 5.00. The number of nitrogens with zero attached hydrogens (tertiary/aromatic N) is 2. The maximum Gasteiger partial charge on any atom is 0.256 e. The zero-order chi connectivity index (χ0) is 19.5. The Morgan fingerprint density at radius 2 is 1.96 bits per heavy atom. The van der Waals surface area contributed by atoms with Gasteiger partial charge in [0.1, 0.15) is 17.0 Å². The molecule has 1 unspecified atom stereocenters. The van der Waals surface area contributed by atoms with E-state index in [1.165, 1.54) is 30.1 Å². The molecule has 4 N–H and O–H groups in total. The van der Waals surface area contributed by atoms with Crippen LogP contribution in [0.3, 0.4) is 0 Å². The largest absolute Gasteiger partial charge is 0.380 e. The van der Waals surface area contributed by atoms with Crippen LogP contribution in [0.4, 0.5) is 10.1 Å². The van der Waals surface area contributed by atoms with E-state index in [2.05, 4.69) is 10.3 Å². The lowest BCUT2D eigenvalue weighted by molar-refractivity contribution is -0.140. The van der Waals surface area contributed by atoms with Crippen LogP contribution >= 0.6 is 0 Å². The smallest absolute Gasteiger partial charge is 0.256 e. The number of hydrogen-bond acceptors (Lipinski definition) is 5. The first-order valence-electron chi connectivity index (χ1n) is 8.40. The predicted molar refractivity (Wildman–Crippen MR) is 94.7 cm³/mol. The van der Waals surface area contributed by atoms with Crippen molar-refractivity contribution in [3.8, 4) is 0 Å². The molecule has 1 aliphatic heterocycles. The minimum absolute atomic E-state index is 0.00189. The molecule has 0 aromatic heterocycles. The number of guanidine groups is 1. The van der Waals surface area contributed by atoms with Crippen molar-refractivity contribution in [1.29, 1.82) is 0 Å². The lowest BCUT2D eigenvalue weighted by Crippen LogP contribution is -2.58. The van der Waals surface area contributed by atoms with Gasteiger partial charge >= 0.3 is 0 Å². The number of hydrogen-bond donors (Lipinski definition) is 3. The Hall–Kier alpha value is -2.48. The van der Waals surface area contributed by atoms with Gasteiger partial charge in [0.05, 0.1) is 5.41 Å². The van der Waals surface area contributed by atoms with E-state index in [1.54, 1.807) is 20.8 Å². The third-order valence-electron chi connectivity index (χ3n) is 5.63. The van der Waals surface area contributed by atoms with Crippen LogP contribution in [0.15, 0.2) is 23.2 Å². The minimum Gasteiger partial charge on any atom is -0.380 e. The average Bonchev–Trinajstić information content (AvgIpc) is 3.32. The monoisotopic (exact) mass is 362 g/mol. The second-order valence-electron chi connectivity index (χ2n) is 7.71. The van der Waals surface area contributed by atoms with E-state index in [4.69, 9.17) is 5.73 Å². The number of rotatable bonds is 3. The standard InChI is InChI=1S/C18H23FN4O3/c1-16(2)14(25)23(4)15(20)22-17(16,3)11-9-10(5-6-12(11)19)21-13(24)18(26)7-8-18/h5-6,9,26H,7-8H2,1-4H3,(H2,20,22)(H,21,24). The maximum absolute atomic E-state index is 14.7. The minimum atomic E-state index is -1.34. The van der Waals surface area contributed by atoms with Crippen LogP contribution in [0.25, 0.3) is 0 Å². The highest BCUT2D eigenvalue weighted by molar-refractivity contribution is 6.02. The lowest BCUT2D eigenvalue weighted by atomic mass is 9.67. The Labute approximate surface area is 151 Å². The number of carbonyl (C=O) groups excluding carboxylic acids is 2. The number of benzene rings is 1. The van der Waals surface area contributed by atoms with Crippen molar-refractivity contribution in [1.82, 2.24) is 4.90 Å². The fourth-order valence-corrected chi connectivity index (χ4v) is 3.14. The van der Waals surface area contributed by atoms with Crippen molar-refractivity contribution < 1.29 is 19.1 Å². The third-order valence-corrected chi connectivity index (χ3v) is 5.63. The van der Waals surface area contributed by atoms with E-state index in [0.29, 0.717) is 18.5 Å². The zero-order valence-corrected chi connectivity index (χ0v) is 15.3. The summed E-state index contributed by atoms with van der Waals surface area (Å²) in [5, 5.41) is 12.5. The van der Waals surface area contributed by atoms with E-state index in [9.17, 15) is 19.1 Å². The molecule has 0 spiro atoms. The molecule has 1 atom stereocenters. The maximum atomic E-state index is 14.7. The normalized spacial score (nSPS) is 26.3. The lowest BCUT2D eigenvalue weighted by Gasteiger charge is -2.46. The molecule has 0 radical (unpaired) electrons. The summed E-state index contributed by atoms with van der Waals surface area (Å²) in [6.07, 6.45) is 0.804. The van der Waals surface area contributed by atoms with Gasteiger partial charge in [-0.3, -0.25) is 14.5 Å². The first-order valence-corrected chi connectivity index (χ1v) is 8.40. The van der Waals surface area contributed by atoms with E-state index in [1.807, 2.05) is 0 Å². The predicted octanol–water partition coefficient (Wildman–Crippen LogP) is 1.32. The van der Waals surface area contributed by atoms with Gasteiger partial charge in [-0.15, -0.1) is 0 Å². The number of carbonyl (C=O) groups is 2.